The molecule has 1 atom stereocenters. The molecule has 0 spiro atoms. The van der Waals surface area contributed by atoms with Crippen LogP contribution in [-0.4, -0.2) is 49.7 Å². The first-order chi connectivity index (χ1) is 10.2. The summed E-state index contributed by atoms with van der Waals surface area (Å²) in [5, 5.41) is 3.70. The third-order valence-corrected chi connectivity index (χ3v) is 4.75. The van der Waals surface area contributed by atoms with Crippen LogP contribution in [0.3, 0.4) is 0 Å². The standard InChI is InChI=1S/C18H31N3/c1-4-17(5-2)19-15-16(3)20-11-13-21(14-12-20)18-9-7-6-8-10-18/h6-10,16-17,19H,4-5,11-15H2,1-3H3. The largest absolute Gasteiger partial charge is 0.369 e. The van der Waals surface area contributed by atoms with E-state index in [2.05, 4.69) is 66.2 Å². The van der Waals surface area contributed by atoms with Gasteiger partial charge in [0.15, 0.2) is 0 Å². The summed E-state index contributed by atoms with van der Waals surface area (Å²) in [6, 6.07) is 12.1. The van der Waals surface area contributed by atoms with Gasteiger partial charge in [0, 0.05) is 50.5 Å². The Balaban J connectivity index is 1.75. The predicted octanol–water partition coefficient (Wildman–Crippen LogP) is 2.98. The van der Waals surface area contributed by atoms with Gasteiger partial charge in [-0.15, -0.1) is 0 Å². The molecule has 2 rings (SSSR count). The first-order valence-corrected chi connectivity index (χ1v) is 8.52. The van der Waals surface area contributed by atoms with Gasteiger partial charge in [-0.3, -0.25) is 4.90 Å². The molecule has 3 nitrogen and oxygen atoms in total. The van der Waals surface area contributed by atoms with Crippen molar-refractivity contribution in [3.63, 3.8) is 0 Å². The maximum Gasteiger partial charge on any atom is 0.0367 e. The second-order valence-electron chi connectivity index (χ2n) is 6.13. The van der Waals surface area contributed by atoms with Crippen LogP contribution >= 0.6 is 0 Å². The van der Waals surface area contributed by atoms with Gasteiger partial charge < -0.3 is 10.2 Å². The van der Waals surface area contributed by atoms with Gasteiger partial charge in [0.05, 0.1) is 0 Å². The van der Waals surface area contributed by atoms with Gasteiger partial charge in [-0.25, -0.2) is 0 Å². The van der Waals surface area contributed by atoms with Crippen LogP contribution in [0.15, 0.2) is 30.3 Å². The number of piperazine rings is 1. The average molecular weight is 289 g/mol. The van der Waals surface area contributed by atoms with Gasteiger partial charge in [-0.2, -0.15) is 0 Å². The minimum absolute atomic E-state index is 0.628. The lowest BCUT2D eigenvalue weighted by molar-refractivity contribution is 0.188. The lowest BCUT2D eigenvalue weighted by Gasteiger charge is -2.39. The number of hydrogen-bond acceptors (Lipinski definition) is 3. The predicted molar refractivity (Wildman–Crippen MR) is 92.1 cm³/mol. The summed E-state index contributed by atoms with van der Waals surface area (Å²) in [6.45, 7) is 12.6. The van der Waals surface area contributed by atoms with Crippen LogP contribution < -0.4 is 10.2 Å². The van der Waals surface area contributed by atoms with Gasteiger partial charge in [0.2, 0.25) is 0 Å². The maximum absolute atomic E-state index is 3.70. The zero-order valence-electron chi connectivity index (χ0n) is 13.9. The zero-order valence-corrected chi connectivity index (χ0v) is 13.9. The normalized spacial score (nSPS) is 18.2. The molecule has 1 aromatic carbocycles. The summed E-state index contributed by atoms with van der Waals surface area (Å²) >= 11 is 0. The number of nitrogens with one attached hydrogen (secondary N) is 1. The van der Waals surface area contributed by atoms with Crippen molar-refractivity contribution >= 4 is 5.69 Å². The van der Waals surface area contributed by atoms with Crippen LogP contribution in [0, 0.1) is 0 Å². The Hall–Kier alpha value is -1.06. The molecule has 1 heterocycles. The minimum atomic E-state index is 0.628. The Kier molecular flexibility index (Phi) is 6.52. The number of rotatable bonds is 7. The number of benzene rings is 1. The molecule has 1 fully saturated rings. The van der Waals surface area contributed by atoms with Crippen molar-refractivity contribution in [2.75, 3.05) is 37.6 Å². The SMILES string of the molecule is CCC(CC)NCC(C)N1CCN(c2ccccc2)CC1. The Labute approximate surface area is 130 Å². The van der Waals surface area contributed by atoms with Crippen molar-refractivity contribution in [2.24, 2.45) is 0 Å². The summed E-state index contributed by atoms with van der Waals surface area (Å²) in [7, 11) is 0. The molecule has 21 heavy (non-hydrogen) atoms. The summed E-state index contributed by atoms with van der Waals surface area (Å²) in [6.07, 6.45) is 2.45. The van der Waals surface area contributed by atoms with Crippen LogP contribution in [0.5, 0.6) is 0 Å². The smallest absolute Gasteiger partial charge is 0.0367 e. The van der Waals surface area contributed by atoms with E-state index >= 15 is 0 Å². The molecule has 0 saturated carbocycles. The Morgan fingerprint density at radius 3 is 2.19 bits per heavy atom. The van der Waals surface area contributed by atoms with E-state index in [0.717, 1.165) is 19.6 Å². The van der Waals surface area contributed by atoms with Gasteiger partial charge >= 0.3 is 0 Å². The van der Waals surface area contributed by atoms with Crippen molar-refractivity contribution < 1.29 is 0 Å². The Morgan fingerprint density at radius 2 is 1.62 bits per heavy atom. The minimum Gasteiger partial charge on any atom is -0.369 e. The van der Waals surface area contributed by atoms with E-state index in [-0.39, 0.29) is 0 Å². The fraction of sp³-hybridized carbons (Fsp3) is 0.667. The quantitative estimate of drug-likeness (QED) is 0.832. The zero-order chi connectivity index (χ0) is 15.1. The van der Waals surface area contributed by atoms with Crippen LogP contribution in [-0.2, 0) is 0 Å². The highest BCUT2D eigenvalue weighted by Crippen LogP contribution is 2.16. The first-order valence-electron chi connectivity index (χ1n) is 8.52. The number of nitrogens with zero attached hydrogens (tertiary/aromatic N) is 2. The van der Waals surface area contributed by atoms with E-state index in [1.165, 1.54) is 31.6 Å². The van der Waals surface area contributed by atoms with Crippen molar-refractivity contribution in [2.45, 2.75) is 45.7 Å². The maximum atomic E-state index is 3.70. The lowest BCUT2D eigenvalue weighted by Crippen LogP contribution is -2.52. The van der Waals surface area contributed by atoms with E-state index in [9.17, 15) is 0 Å². The topological polar surface area (TPSA) is 18.5 Å². The fourth-order valence-electron chi connectivity index (χ4n) is 3.10. The molecule has 0 aliphatic carbocycles. The fourth-order valence-corrected chi connectivity index (χ4v) is 3.10. The van der Waals surface area contributed by atoms with Gasteiger partial charge in [0.1, 0.15) is 0 Å². The van der Waals surface area contributed by atoms with Crippen LogP contribution in [0.25, 0.3) is 0 Å². The van der Waals surface area contributed by atoms with Crippen molar-refractivity contribution in [3.8, 4) is 0 Å². The second-order valence-corrected chi connectivity index (χ2v) is 6.13. The van der Waals surface area contributed by atoms with Gasteiger partial charge in [-0.05, 0) is 31.9 Å². The van der Waals surface area contributed by atoms with E-state index in [4.69, 9.17) is 0 Å². The Bertz CT molecular complexity index is 381. The Morgan fingerprint density at radius 1 is 1.00 bits per heavy atom. The van der Waals surface area contributed by atoms with Crippen molar-refractivity contribution in [3.05, 3.63) is 30.3 Å². The highest BCUT2D eigenvalue weighted by atomic mass is 15.3. The molecule has 0 radical (unpaired) electrons. The van der Waals surface area contributed by atoms with Crippen LogP contribution in [0.4, 0.5) is 5.69 Å². The molecule has 1 aromatic rings. The molecular formula is C18H31N3. The number of para-hydroxylation sites is 1. The second kappa shape index (κ2) is 8.40. The van der Waals surface area contributed by atoms with E-state index in [1.807, 2.05) is 0 Å². The van der Waals surface area contributed by atoms with E-state index in [0.29, 0.717) is 12.1 Å². The summed E-state index contributed by atoms with van der Waals surface area (Å²) < 4.78 is 0. The third-order valence-electron chi connectivity index (χ3n) is 4.75. The van der Waals surface area contributed by atoms with Crippen molar-refractivity contribution in [1.29, 1.82) is 0 Å². The van der Waals surface area contributed by atoms with Gasteiger partial charge in [0.25, 0.3) is 0 Å². The van der Waals surface area contributed by atoms with E-state index in [1.54, 1.807) is 0 Å². The monoisotopic (exact) mass is 289 g/mol. The molecular weight excluding hydrogens is 258 g/mol. The average Bonchev–Trinajstić information content (AvgIpc) is 2.56. The summed E-state index contributed by atoms with van der Waals surface area (Å²) in [5.41, 5.74) is 1.36. The molecule has 1 N–H and O–H groups in total. The molecule has 118 valence electrons. The summed E-state index contributed by atoms with van der Waals surface area (Å²) in [4.78, 5) is 5.12. The molecule has 3 heteroatoms. The summed E-state index contributed by atoms with van der Waals surface area (Å²) in [5.74, 6) is 0. The third kappa shape index (κ3) is 4.72. The molecule has 0 bridgehead atoms. The van der Waals surface area contributed by atoms with Crippen LogP contribution in [0.2, 0.25) is 0 Å². The number of anilines is 1. The van der Waals surface area contributed by atoms with Gasteiger partial charge in [-0.1, -0.05) is 32.0 Å². The number of hydrogen-bond donors (Lipinski definition) is 1. The molecule has 0 amide bonds. The van der Waals surface area contributed by atoms with Crippen LogP contribution in [0.1, 0.15) is 33.6 Å². The molecule has 1 aliphatic rings. The molecule has 1 saturated heterocycles. The molecule has 1 unspecified atom stereocenters. The highest BCUT2D eigenvalue weighted by molar-refractivity contribution is 5.46. The highest BCUT2D eigenvalue weighted by Gasteiger charge is 2.21. The molecule has 1 aliphatic heterocycles. The lowest BCUT2D eigenvalue weighted by atomic mass is 10.1. The van der Waals surface area contributed by atoms with Crippen molar-refractivity contribution in [1.82, 2.24) is 10.2 Å². The molecule has 0 aromatic heterocycles. The van der Waals surface area contributed by atoms with E-state index < -0.39 is 0 Å². The first kappa shape index (κ1) is 16.3.